The number of nitrogens with zero attached hydrogens (tertiary/aromatic N) is 1. The molecule has 0 saturated carbocycles. The number of hydrogen-bond acceptors (Lipinski definition) is 6. The van der Waals surface area contributed by atoms with E-state index in [1.165, 1.54) is 11.8 Å². The van der Waals surface area contributed by atoms with Crippen LogP contribution >= 0.6 is 11.8 Å². The molecular weight excluding hydrogens is 396 g/mol. The van der Waals surface area contributed by atoms with E-state index in [1.807, 2.05) is 30.3 Å². The van der Waals surface area contributed by atoms with E-state index in [9.17, 15) is 24.3 Å². The minimum absolute atomic E-state index is 0.0524. The highest BCUT2D eigenvalue weighted by Gasteiger charge is 2.46. The molecule has 8 nitrogen and oxygen atoms in total. The number of benzene rings is 1. The van der Waals surface area contributed by atoms with E-state index < -0.39 is 41.3 Å². The van der Waals surface area contributed by atoms with E-state index in [0.29, 0.717) is 25.7 Å². The minimum atomic E-state index is -1.12. The van der Waals surface area contributed by atoms with Crippen molar-refractivity contribution < 1.29 is 29.0 Å². The summed E-state index contributed by atoms with van der Waals surface area (Å²) in [5.41, 5.74) is 0.910. The highest BCUT2D eigenvalue weighted by Crippen LogP contribution is 2.27. The Balaban J connectivity index is 1.73. The number of carboxylic acids is 1. The minimum Gasteiger partial charge on any atom is -0.480 e. The summed E-state index contributed by atoms with van der Waals surface area (Å²) in [4.78, 5) is 50.3. The maximum Gasteiger partial charge on any atom is 0.328 e. The monoisotopic (exact) mass is 420 g/mol. The number of aliphatic carboxylic acids is 1. The maximum absolute atomic E-state index is 13.0. The zero-order valence-electron chi connectivity index (χ0n) is 16.1. The number of nitrogens with one attached hydrogen (secondary N) is 1. The van der Waals surface area contributed by atoms with Crippen molar-refractivity contribution in [3.8, 4) is 0 Å². The first kappa shape index (κ1) is 21.3. The number of carbonyl (C=O) groups excluding carboxylic acids is 3. The van der Waals surface area contributed by atoms with Crippen molar-refractivity contribution in [1.82, 2.24) is 10.2 Å². The molecule has 2 amide bonds. The van der Waals surface area contributed by atoms with Gasteiger partial charge in [0, 0.05) is 6.92 Å². The number of thioether (sulfide) groups is 1. The summed E-state index contributed by atoms with van der Waals surface area (Å²) in [5, 5.41) is 11.3. The normalized spacial score (nSPS) is 25.1. The van der Waals surface area contributed by atoms with Crippen molar-refractivity contribution in [2.45, 2.75) is 56.2 Å². The summed E-state index contributed by atoms with van der Waals surface area (Å²) in [5.74, 6) is -1.98. The molecule has 9 heteroatoms. The van der Waals surface area contributed by atoms with Gasteiger partial charge in [-0.25, -0.2) is 4.79 Å². The van der Waals surface area contributed by atoms with Gasteiger partial charge in [0.2, 0.25) is 11.8 Å². The molecule has 2 fully saturated rings. The van der Waals surface area contributed by atoms with Crippen LogP contribution in [0.2, 0.25) is 0 Å². The van der Waals surface area contributed by atoms with Crippen molar-refractivity contribution in [1.29, 1.82) is 0 Å². The number of rotatable bonds is 6. The molecule has 0 spiro atoms. The molecule has 0 bridgehead atoms. The van der Waals surface area contributed by atoms with Crippen LogP contribution in [-0.4, -0.2) is 63.1 Å². The third kappa shape index (κ3) is 5.16. The molecule has 2 aliphatic rings. The molecule has 3 rings (SSSR count). The smallest absolute Gasteiger partial charge is 0.328 e. The Hall–Kier alpha value is -2.39. The molecule has 0 aromatic heterocycles. The highest BCUT2D eigenvalue weighted by atomic mass is 32.2. The van der Waals surface area contributed by atoms with E-state index in [2.05, 4.69) is 5.32 Å². The molecule has 156 valence electrons. The molecule has 2 aliphatic heterocycles. The van der Waals surface area contributed by atoms with Crippen LogP contribution in [0.3, 0.4) is 0 Å². The summed E-state index contributed by atoms with van der Waals surface area (Å²) >= 11 is 0.928. The first-order valence-electron chi connectivity index (χ1n) is 9.55. The average molecular weight is 420 g/mol. The van der Waals surface area contributed by atoms with Crippen molar-refractivity contribution in [3.05, 3.63) is 35.9 Å². The Morgan fingerprint density at radius 3 is 2.66 bits per heavy atom. The van der Waals surface area contributed by atoms with Gasteiger partial charge in [0.1, 0.15) is 12.3 Å². The Bertz CT molecular complexity index is 786. The Morgan fingerprint density at radius 1 is 1.28 bits per heavy atom. The van der Waals surface area contributed by atoms with Gasteiger partial charge in [-0.2, -0.15) is 0 Å². The molecule has 1 aromatic rings. The standard InChI is InChI=1S/C20H24N2O6S/c1-12(23)29-16(10-13-6-3-2-4-7-13)18(24)21-14-8-5-9-17-22(19(14)25)15(11-28-17)20(26)27/h2-4,6-7,14-17H,5,8-11H2,1H3,(H,21,24)(H,26,27)/t14?,15?,16-,17?/m0/s1. The fourth-order valence-electron chi connectivity index (χ4n) is 3.69. The van der Waals surface area contributed by atoms with Crippen molar-refractivity contribution in [3.63, 3.8) is 0 Å². The van der Waals surface area contributed by atoms with E-state index >= 15 is 0 Å². The third-order valence-corrected chi connectivity index (χ3v) is 6.05. The van der Waals surface area contributed by atoms with Crippen LogP contribution in [0.25, 0.3) is 0 Å². The van der Waals surface area contributed by atoms with Gasteiger partial charge in [0.15, 0.2) is 11.2 Å². The summed E-state index contributed by atoms with van der Waals surface area (Å²) in [6.07, 6.45) is 1.32. The van der Waals surface area contributed by atoms with Crippen molar-refractivity contribution in [2.24, 2.45) is 0 Å². The van der Waals surface area contributed by atoms with Gasteiger partial charge in [0.05, 0.1) is 11.9 Å². The topological polar surface area (TPSA) is 113 Å². The first-order valence-corrected chi connectivity index (χ1v) is 10.4. The third-order valence-electron chi connectivity index (χ3n) is 5.06. The Morgan fingerprint density at radius 2 is 2.00 bits per heavy atom. The molecule has 4 atom stereocenters. The zero-order valence-corrected chi connectivity index (χ0v) is 16.9. The lowest BCUT2D eigenvalue weighted by Gasteiger charge is -2.28. The molecule has 3 unspecified atom stereocenters. The molecule has 1 aromatic carbocycles. The average Bonchev–Trinajstić information content (AvgIpc) is 3.04. The van der Waals surface area contributed by atoms with E-state index in [0.717, 1.165) is 17.3 Å². The molecular formula is C20H24N2O6S. The van der Waals surface area contributed by atoms with E-state index in [-0.39, 0.29) is 11.7 Å². The number of amides is 2. The quantitative estimate of drug-likeness (QED) is 0.711. The lowest BCUT2D eigenvalue weighted by molar-refractivity contribution is -0.151. The van der Waals surface area contributed by atoms with Gasteiger partial charge < -0.3 is 15.2 Å². The van der Waals surface area contributed by atoms with Crippen LogP contribution in [0.15, 0.2) is 30.3 Å². The van der Waals surface area contributed by atoms with E-state index in [4.69, 9.17) is 4.74 Å². The molecule has 2 saturated heterocycles. The predicted octanol–water partition coefficient (Wildman–Crippen LogP) is 1.18. The molecule has 2 heterocycles. The van der Waals surface area contributed by atoms with Crippen LogP contribution in [0, 0.1) is 0 Å². The fraction of sp³-hybridized carbons (Fsp3) is 0.500. The zero-order chi connectivity index (χ0) is 21.0. The summed E-state index contributed by atoms with van der Waals surface area (Å²) < 4.78 is 5.48. The number of ether oxygens (including phenoxy) is 1. The Labute approximate surface area is 173 Å². The van der Waals surface area contributed by atoms with E-state index in [1.54, 1.807) is 0 Å². The van der Waals surface area contributed by atoms with Gasteiger partial charge in [-0.05, 0) is 31.2 Å². The summed E-state index contributed by atoms with van der Waals surface area (Å²) in [7, 11) is 0. The van der Waals surface area contributed by atoms with Crippen LogP contribution < -0.4 is 5.32 Å². The number of carbonyl (C=O) groups is 4. The first-order chi connectivity index (χ1) is 13.9. The summed E-state index contributed by atoms with van der Waals surface area (Å²) in [6, 6.07) is 7.46. The van der Waals surface area contributed by atoms with Gasteiger partial charge in [-0.15, -0.1) is 0 Å². The van der Waals surface area contributed by atoms with Gasteiger partial charge in [-0.3, -0.25) is 19.3 Å². The molecule has 0 aliphatic carbocycles. The molecule has 2 N–H and O–H groups in total. The SMILES string of the molecule is CC(=O)S[C@@H](Cc1ccccc1)C(=O)NC1CCCC2OCC(C(=O)O)N2C1=O. The van der Waals surface area contributed by atoms with Crippen LogP contribution in [-0.2, 0) is 30.3 Å². The largest absolute Gasteiger partial charge is 0.480 e. The fourth-order valence-corrected chi connectivity index (χ4v) is 4.54. The Kier molecular flexibility index (Phi) is 6.92. The molecule has 0 radical (unpaired) electrons. The van der Waals surface area contributed by atoms with Gasteiger partial charge in [-0.1, -0.05) is 42.1 Å². The van der Waals surface area contributed by atoms with Gasteiger partial charge in [0.25, 0.3) is 0 Å². The lowest BCUT2D eigenvalue weighted by atomic mass is 10.1. The lowest BCUT2D eigenvalue weighted by Crippen LogP contribution is -2.54. The number of fused-ring (bicyclic) bond motifs is 1. The van der Waals surface area contributed by atoms with Gasteiger partial charge >= 0.3 is 5.97 Å². The second-order valence-corrected chi connectivity index (χ2v) is 8.55. The second-order valence-electron chi connectivity index (χ2n) is 7.17. The predicted molar refractivity (Wildman–Crippen MR) is 106 cm³/mol. The number of hydrogen-bond donors (Lipinski definition) is 2. The maximum atomic E-state index is 13.0. The van der Waals surface area contributed by atoms with Crippen molar-refractivity contribution >= 4 is 34.7 Å². The highest BCUT2D eigenvalue weighted by molar-refractivity contribution is 8.14. The summed E-state index contributed by atoms with van der Waals surface area (Å²) in [6.45, 7) is 1.35. The number of carboxylic acid groups (broad SMARTS) is 1. The van der Waals surface area contributed by atoms with Crippen LogP contribution in [0.4, 0.5) is 0 Å². The van der Waals surface area contributed by atoms with Crippen LogP contribution in [0.5, 0.6) is 0 Å². The van der Waals surface area contributed by atoms with Crippen molar-refractivity contribution in [2.75, 3.05) is 6.61 Å². The molecule has 29 heavy (non-hydrogen) atoms. The van der Waals surface area contributed by atoms with Crippen LogP contribution in [0.1, 0.15) is 31.7 Å². The second kappa shape index (κ2) is 9.41.